The number of aromatic nitrogens is 20. The summed E-state index contributed by atoms with van der Waals surface area (Å²) in [6.07, 6.45) is 14.3. The van der Waals surface area contributed by atoms with E-state index < -0.39 is 0 Å². The molecule has 19 aromatic rings. The van der Waals surface area contributed by atoms with Gasteiger partial charge in [0.15, 0.2) is 45.9 Å². The molecule has 4 atom stereocenters. The SMILES string of the molecule is C[C@H](Nc1ncnc2nc[nH]c12)c1cc2cccc(Cl)c2c(=O)n1-c1ccccc1.C[C@H](Nc1ncnc2nc[nH]c12)c1cc2cccc(Cl)c2c(=O)n1C1CC1.Cc1ccc(-n2c([C@H](C)Nc3ncnc4nc[nH]c34)cc3cccc(C)c3c2=O)cc1.Cc1cccc(-n2c([C@H](C)Nc3ncnc4nc[nH]c34)cc3cccc(C)c3c2=O)c1. The van der Waals surface area contributed by atoms with Gasteiger partial charge in [-0.2, -0.15) is 0 Å². The average Bonchev–Trinajstić information content (AvgIpc) is 1.75. The van der Waals surface area contributed by atoms with Crippen LogP contribution in [0.1, 0.15) is 116 Å². The first-order valence-electron chi connectivity index (χ1n) is 38.6. The van der Waals surface area contributed by atoms with E-state index in [2.05, 4.69) is 113 Å². The molecule has 0 amide bonds. The number of imidazole rings is 4. The highest BCUT2D eigenvalue weighted by Gasteiger charge is 2.31. The third kappa shape index (κ3) is 15.2. The van der Waals surface area contributed by atoms with Crippen molar-refractivity contribution in [2.45, 2.75) is 98.4 Å². The number of hydrogen-bond acceptors (Lipinski definition) is 20. The molecule has 28 nitrogen and oxygen atoms in total. The van der Waals surface area contributed by atoms with Crippen LogP contribution in [0.3, 0.4) is 0 Å². The van der Waals surface area contributed by atoms with Crippen molar-refractivity contribution in [3.05, 3.63) is 323 Å². The molecule has 119 heavy (non-hydrogen) atoms. The third-order valence-electron chi connectivity index (χ3n) is 21.2. The van der Waals surface area contributed by atoms with Gasteiger partial charge in [0.25, 0.3) is 22.2 Å². The minimum Gasteiger partial charge on any atom is -0.360 e. The molecule has 8 N–H and O–H groups in total. The first-order chi connectivity index (χ1) is 57.8. The lowest BCUT2D eigenvalue weighted by atomic mass is 10.0. The van der Waals surface area contributed by atoms with Gasteiger partial charge in [0.1, 0.15) is 47.4 Å². The number of pyridine rings is 4. The number of rotatable bonds is 16. The molecule has 0 radical (unpaired) electrons. The number of aryl methyl sites for hydroxylation is 4. The molecule has 0 spiro atoms. The van der Waals surface area contributed by atoms with Gasteiger partial charge >= 0.3 is 0 Å². The lowest BCUT2D eigenvalue weighted by molar-refractivity contribution is 0.636. The molecule has 30 heteroatoms. The number of benzene rings is 7. The molecule has 20 rings (SSSR count). The zero-order valence-corrected chi connectivity index (χ0v) is 67.2. The highest BCUT2D eigenvalue weighted by Crippen LogP contribution is 2.39. The number of fused-ring (bicyclic) bond motifs is 8. The molecule has 0 unspecified atom stereocenters. The molecular formula is C89H78Cl2N24O4. The fourth-order valence-electron chi connectivity index (χ4n) is 15.3. The maximum atomic E-state index is 13.7. The first kappa shape index (κ1) is 77.0. The van der Waals surface area contributed by atoms with Crippen LogP contribution in [-0.2, 0) is 0 Å². The second-order valence-corrected chi connectivity index (χ2v) is 30.2. The van der Waals surface area contributed by atoms with Gasteiger partial charge in [-0.05, 0) is 179 Å². The number of nitrogens with zero attached hydrogens (tertiary/aromatic N) is 16. The fraction of sp³-hybridized carbons (Fsp3) is 0.169. The number of nitrogens with one attached hydrogen (secondary N) is 8. The maximum Gasteiger partial charge on any atom is 0.264 e. The summed E-state index contributed by atoms with van der Waals surface area (Å²) in [5, 5.41) is 20.6. The van der Waals surface area contributed by atoms with E-state index in [1.807, 2.05) is 212 Å². The van der Waals surface area contributed by atoms with E-state index >= 15 is 0 Å². The van der Waals surface area contributed by atoms with E-state index in [9.17, 15) is 19.2 Å². The van der Waals surface area contributed by atoms with E-state index in [0.717, 1.165) is 124 Å². The minimum absolute atomic E-state index is 0.0285. The molecule has 12 aromatic heterocycles. The highest BCUT2D eigenvalue weighted by atomic mass is 35.5. The second-order valence-electron chi connectivity index (χ2n) is 29.4. The summed E-state index contributed by atoms with van der Waals surface area (Å²) in [7, 11) is 0. The normalized spacial score (nSPS) is 13.0. The molecule has 0 saturated heterocycles. The predicted octanol–water partition coefficient (Wildman–Crippen LogP) is 17.2. The Hall–Kier alpha value is -14.6. The lowest BCUT2D eigenvalue weighted by Gasteiger charge is -2.22. The molecule has 0 bridgehead atoms. The zero-order valence-electron chi connectivity index (χ0n) is 65.7. The summed E-state index contributed by atoms with van der Waals surface area (Å²) >= 11 is 12.7. The van der Waals surface area contributed by atoms with Gasteiger partial charge in [-0.15, -0.1) is 0 Å². The molecule has 1 saturated carbocycles. The maximum absolute atomic E-state index is 13.7. The monoisotopic (exact) mass is 1620 g/mol. The fourth-order valence-corrected chi connectivity index (χ4v) is 15.8. The van der Waals surface area contributed by atoms with Gasteiger partial charge in [0, 0.05) is 45.9 Å². The molecule has 7 aromatic carbocycles. The van der Waals surface area contributed by atoms with Crippen molar-refractivity contribution in [3.63, 3.8) is 0 Å². The smallest absolute Gasteiger partial charge is 0.264 e. The van der Waals surface area contributed by atoms with Crippen LogP contribution < -0.4 is 43.5 Å². The average molecular weight is 1620 g/mol. The predicted molar refractivity (Wildman–Crippen MR) is 469 cm³/mol. The van der Waals surface area contributed by atoms with E-state index in [0.29, 0.717) is 72.2 Å². The Morgan fingerprint density at radius 3 is 1.08 bits per heavy atom. The Labute approximate surface area is 688 Å². The molecule has 1 fully saturated rings. The number of halogens is 2. The molecule has 0 aliphatic heterocycles. The number of hydrogen-bond donors (Lipinski definition) is 8. The quantitative estimate of drug-likeness (QED) is 0.0445. The molecular weight excluding hydrogens is 1540 g/mol. The topological polar surface area (TPSA) is 354 Å². The molecule has 1 aliphatic carbocycles. The summed E-state index contributed by atoms with van der Waals surface area (Å²) in [6.45, 7) is 16.1. The lowest BCUT2D eigenvalue weighted by Crippen LogP contribution is -2.26. The standard InChI is InChI=1S/2C24H22N6O.C22H17ClN6O.C19H17ClN6O/c1-14-6-4-9-18(10-14)30-19(11-17-8-5-7-15(2)20(17)24(30)31)16(3)29-23-21-22(26-12-25-21)27-13-28-23;1-14-7-9-18(10-8-14)30-19(11-17-6-4-5-15(2)20(17)24(30)31)16(3)29-23-21-22(26-12-25-21)27-13-28-23;1-13(28-21-19-20(25-11-24-19)26-12-27-21)17-10-14-6-5-9-16(23)18(14)22(30)29(17)15-7-3-2-4-8-15;1-10(25-18-16-17(22-8-21-16)23-9-24-18)14-7-11-3-2-4-13(20)15(11)19(27)26(14)12-5-6-12/h2*4-13,16H,1-3H3,(H2,25,26,27,28,29);2-13H,1H3,(H2,24,25,26,27,28);2-4,7-10,12H,5-6H2,1H3,(H2,21,22,23,24,25)/t2*16-;13-;10-/m0000/s1. The van der Waals surface area contributed by atoms with Crippen LogP contribution in [0.2, 0.25) is 10.0 Å². The van der Waals surface area contributed by atoms with Crippen LogP contribution >= 0.6 is 23.2 Å². The van der Waals surface area contributed by atoms with Crippen molar-refractivity contribution in [2.75, 3.05) is 21.3 Å². The van der Waals surface area contributed by atoms with E-state index in [1.54, 1.807) is 51.1 Å². The summed E-state index contributed by atoms with van der Waals surface area (Å²) in [5.74, 6) is 2.55. The van der Waals surface area contributed by atoms with Gasteiger partial charge in [-0.25, -0.2) is 59.8 Å². The summed E-state index contributed by atoms with van der Waals surface area (Å²) in [6, 6.07) is 56.0. The highest BCUT2D eigenvalue weighted by molar-refractivity contribution is 6.36. The number of aromatic amines is 4. The van der Waals surface area contributed by atoms with Crippen LogP contribution in [0.4, 0.5) is 23.3 Å². The van der Waals surface area contributed by atoms with Gasteiger partial charge in [-0.1, -0.05) is 132 Å². The molecule has 12 heterocycles. The van der Waals surface area contributed by atoms with Crippen molar-refractivity contribution in [3.8, 4) is 17.1 Å². The molecule has 1 aliphatic rings. The Kier molecular flexibility index (Phi) is 21.1. The van der Waals surface area contributed by atoms with Gasteiger partial charge < -0.3 is 45.8 Å². The van der Waals surface area contributed by atoms with Crippen molar-refractivity contribution in [2.24, 2.45) is 0 Å². The third-order valence-corrected chi connectivity index (χ3v) is 21.8. The van der Waals surface area contributed by atoms with Crippen molar-refractivity contribution < 1.29 is 0 Å². The van der Waals surface area contributed by atoms with Crippen molar-refractivity contribution in [1.82, 2.24) is 98.0 Å². The number of anilines is 4. The Balaban J connectivity index is 0.000000114. The number of H-pyrrole nitrogens is 4. The van der Waals surface area contributed by atoms with Crippen LogP contribution in [-0.4, -0.2) is 98.0 Å². The van der Waals surface area contributed by atoms with Gasteiger partial charge in [-0.3, -0.25) is 32.9 Å². The van der Waals surface area contributed by atoms with Crippen molar-refractivity contribution in [1.29, 1.82) is 0 Å². The first-order valence-corrected chi connectivity index (χ1v) is 39.4. The van der Waals surface area contributed by atoms with E-state index in [4.69, 9.17) is 23.2 Å². The van der Waals surface area contributed by atoms with Crippen LogP contribution in [0.5, 0.6) is 0 Å². The minimum atomic E-state index is -0.248. The van der Waals surface area contributed by atoms with Crippen LogP contribution in [0.15, 0.2) is 246 Å². The van der Waals surface area contributed by atoms with Crippen LogP contribution in [0, 0.1) is 27.7 Å². The summed E-state index contributed by atoms with van der Waals surface area (Å²) in [5.41, 5.74) is 15.0. The largest absolute Gasteiger partial charge is 0.360 e. The van der Waals surface area contributed by atoms with Gasteiger partial charge in [0.05, 0.1) is 81.1 Å². The molecule has 592 valence electrons. The Morgan fingerprint density at radius 2 is 0.672 bits per heavy atom. The zero-order chi connectivity index (χ0) is 82.3. The summed E-state index contributed by atoms with van der Waals surface area (Å²) in [4.78, 5) is 117. The second kappa shape index (κ2) is 32.6. The van der Waals surface area contributed by atoms with Crippen LogP contribution in [0.25, 0.3) is 105 Å². The van der Waals surface area contributed by atoms with Crippen molar-refractivity contribution >= 4 is 134 Å². The Bertz CT molecular complexity index is 7340. The van der Waals surface area contributed by atoms with E-state index in [-0.39, 0.29) is 52.4 Å². The van der Waals surface area contributed by atoms with Gasteiger partial charge in [0.2, 0.25) is 0 Å². The Morgan fingerprint density at radius 1 is 0.336 bits per heavy atom. The van der Waals surface area contributed by atoms with E-state index in [1.165, 1.54) is 25.3 Å². The summed E-state index contributed by atoms with van der Waals surface area (Å²) < 4.78 is 7.16. The number of para-hydroxylation sites is 1.